The van der Waals surface area contributed by atoms with Gasteiger partial charge in [0.25, 0.3) is 0 Å². The molecule has 0 saturated carbocycles. The van der Waals surface area contributed by atoms with Crippen LogP contribution in [0, 0.1) is 6.92 Å². The Labute approximate surface area is 195 Å². The third-order valence-electron chi connectivity index (χ3n) is 5.55. The molecule has 2 unspecified atom stereocenters. The van der Waals surface area contributed by atoms with E-state index in [0.29, 0.717) is 5.11 Å². The Morgan fingerprint density at radius 2 is 1.77 bits per heavy atom. The fourth-order valence-corrected chi connectivity index (χ4v) is 4.94. The summed E-state index contributed by atoms with van der Waals surface area (Å²) in [5.74, 6) is 0. The predicted molar refractivity (Wildman–Crippen MR) is 133 cm³/mol. The van der Waals surface area contributed by atoms with Crippen molar-refractivity contribution in [3.63, 3.8) is 0 Å². The number of nitrogens with zero attached hydrogens (tertiary/aromatic N) is 3. The van der Waals surface area contributed by atoms with Crippen molar-refractivity contribution in [2.24, 2.45) is 0 Å². The van der Waals surface area contributed by atoms with Gasteiger partial charge in [-0.25, -0.2) is 0 Å². The summed E-state index contributed by atoms with van der Waals surface area (Å²) in [6.45, 7) is 2.10. The van der Waals surface area contributed by atoms with Crippen LogP contribution in [0.1, 0.15) is 29.0 Å². The average molecular weight is 489 g/mol. The number of hydrogen-bond acceptors (Lipinski definition) is 2. The Bertz CT molecular complexity index is 1240. The van der Waals surface area contributed by atoms with Gasteiger partial charge in [0, 0.05) is 33.9 Å². The fourth-order valence-electron chi connectivity index (χ4n) is 4.21. The van der Waals surface area contributed by atoms with Crippen molar-refractivity contribution in [2.75, 3.05) is 4.90 Å². The van der Waals surface area contributed by atoms with Gasteiger partial charge in [-0.05, 0) is 79.3 Å². The van der Waals surface area contributed by atoms with Crippen LogP contribution >= 0.6 is 28.1 Å². The molecule has 4 aromatic rings. The Kier molecular flexibility index (Phi) is 5.34. The summed E-state index contributed by atoms with van der Waals surface area (Å²) >= 11 is 9.45. The first-order valence-corrected chi connectivity index (χ1v) is 11.3. The molecule has 1 fully saturated rings. The first-order chi connectivity index (χ1) is 15.1. The summed E-state index contributed by atoms with van der Waals surface area (Å²) in [7, 11) is 0. The van der Waals surface area contributed by atoms with Crippen molar-refractivity contribution < 1.29 is 0 Å². The molecule has 1 aliphatic heterocycles. The van der Waals surface area contributed by atoms with Crippen molar-refractivity contribution in [1.82, 2.24) is 14.9 Å². The maximum absolute atomic E-state index is 5.84. The van der Waals surface area contributed by atoms with Crippen molar-refractivity contribution in [3.05, 3.63) is 113 Å². The molecule has 3 heterocycles. The second-order valence-electron chi connectivity index (χ2n) is 7.62. The van der Waals surface area contributed by atoms with Gasteiger partial charge in [-0.2, -0.15) is 0 Å². The van der Waals surface area contributed by atoms with Crippen LogP contribution in [0.3, 0.4) is 0 Å². The van der Waals surface area contributed by atoms with Crippen LogP contribution in [0.5, 0.6) is 0 Å². The van der Waals surface area contributed by atoms with Crippen molar-refractivity contribution in [3.8, 4) is 5.69 Å². The molecule has 0 bridgehead atoms. The topological polar surface area (TPSA) is 33.1 Å². The molecule has 0 spiro atoms. The Balaban J connectivity index is 1.68. The molecule has 2 atom stereocenters. The molecule has 5 rings (SSSR count). The molecular formula is C25H21BrN4S. The minimum Gasteiger partial charge on any atom is -0.351 e. The number of rotatable bonds is 4. The van der Waals surface area contributed by atoms with Crippen molar-refractivity contribution in [1.29, 1.82) is 0 Å². The molecule has 0 radical (unpaired) electrons. The van der Waals surface area contributed by atoms with Crippen LogP contribution in [0.4, 0.5) is 5.69 Å². The van der Waals surface area contributed by atoms with Gasteiger partial charge in [-0.1, -0.05) is 40.2 Å². The summed E-state index contributed by atoms with van der Waals surface area (Å²) in [5, 5.41) is 4.24. The largest absolute Gasteiger partial charge is 0.351 e. The van der Waals surface area contributed by atoms with E-state index in [1.165, 1.54) is 5.56 Å². The number of pyridine rings is 1. The number of anilines is 1. The van der Waals surface area contributed by atoms with E-state index in [1.54, 1.807) is 0 Å². The SMILES string of the molecule is Cc1cccc(N2C(=S)NC(c3ccccn3)C2c2cccn2-c2cccc(Br)c2)c1. The van der Waals surface area contributed by atoms with Crippen LogP contribution in [0.2, 0.25) is 0 Å². The van der Waals surface area contributed by atoms with Gasteiger partial charge in [0.2, 0.25) is 0 Å². The van der Waals surface area contributed by atoms with Gasteiger partial charge < -0.3 is 14.8 Å². The molecule has 2 aromatic carbocycles. The van der Waals surface area contributed by atoms with Crippen molar-refractivity contribution in [2.45, 2.75) is 19.0 Å². The zero-order valence-corrected chi connectivity index (χ0v) is 19.3. The first-order valence-electron chi connectivity index (χ1n) is 10.1. The lowest BCUT2D eigenvalue weighted by Gasteiger charge is -2.29. The van der Waals surface area contributed by atoms with Crippen LogP contribution in [0.25, 0.3) is 5.69 Å². The second kappa shape index (κ2) is 8.29. The van der Waals surface area contributed by atoms with E-state index >= 15 is 0 Å². The van der Waals surface area contributed by atoms with Gasteiger partial charge in [0.1, 0.15) is 6.04 Å². The number of benzene rings is 2. The summed E-state index contributed by atoms with van der Waals surface area (Å²) in [6.07, 6.45) is 3.93. The number of halogens is 1. The summed E-state index contributed by atoms with van der Waals surface area (Å²) in [6, 6.07) is 26.9. The van der Waals surface area contributed by atoms with E-state index < -0.39 is 0 Å². The molecule has 0 aliphatic carbocycles. The highest BCUT2D eigenvalue weighted by Crippen LogP contribution is 2.42. The summed E-state index contributed by atoms with van der Waals surface area (Å²) in [4.78, 5) is 6.87. The lowest BCUT2D eigenvalue weighted by Crippen LogP contribution is -2.30. The quantitative estimate of drug-likeness (QED) is 0.350. The molecule has 6 heteroatoms. The van der Waals surface area contributed by atoms with Gasteiger partial charge >= 0.3 is 0 Å². The van der Waals surface area contributed by atoms with Gasteiger partial charge in [-0.3, -0.25) is 4.98 Å². The third kappa shape index (κ3) is 3.77. The number of hydrogen-bond donors (Lipinski definition) is 1. The lowest BCUT2D eigenvalue weighted by atomic mass is 10.0. The summed E-state index contributed by atoms with van der Waals surface area (Å²) in [5.41, 5.74) is 5.47. The van der Waals surface area contributed by atoms with Crippen LogP contribution in [0.15, 0.2) is 95.7 Å². The predicted octanol–water partition coefficient (Wildman–Crippen LogP) is 6.12. The highest BCUT2D eigenvalue weighted by Gasteiger charge is 2.42. The maximum atomic E-state index is 5.84. The van der Waals surface area contributed by atoms with E-state index in [4.69, 9.17) is 12.2 Å². The second-order valence-corrected chi connectivity index (χ2v) is 8.92. The van der Waals surface area contributed by atoms with E-state index in [2.05, 4.69) is 109 Å². The minimum atomic E-state index is -0.0741. The van der Waals surface area contributed by atoms with Crippen LogP contribution in [-0.4, -0.2) is 14.7 Å². The average Bonchev–Trinajstić information content (AvgIpc) is 3.38. The fraction of sp³-hybridized carbons (Fsp3) is 0.120. The zero-order valence-electron chi connectivity index (χ0n) is 16.9. The molecule has 0 amide bonds. The molecule has 154 valence electrons. The number of nitrogens with one attached hydrogen (secondary N) is 1. The monoisotopic (exact) mass is 488 g/mol. The molecule has 1 N–H and O–H groups in total. The highest BCUT2D eigenvalue weighted by atomic mass is 79.9. The number of thiocarbonyl (C=S) groups is 1. The molecule has 4 nitrogen and oxygen atoms in total. The van der Waals surface area contributed by atoms with E-state index in [0.717, 1.165) is 27.2 Å². The molecule has 2 aromatic heterocycles. The number of aryl methyl sites for hydroxylation is 1. The van der Waals surface area contributed by atoms with Gasteiger partial charge in [0.15, 0.2) is 5.11 Å². The third-order valence-corrected chi connectivity index (χ3v) is 6.36. The smallest absolute Gasteiger partial charge is 0.174 e. The normalized spacial score (nSPS) is 18.3. The standard InChI is InChI=1S/C25H21BrN4S/c1-17-7-4-10-20(15-17)30-24(23(28-25(30)31)21-11-2-3-13-27-21)22-12-6-14-29(22)19-9-5-8-18(26)16-19/h2-16,23-24H,1H3,(H,28,31). The Morgan fingerprint density at radius 3 is 2.55 bits per heavy atom. The Hall–Kier alpha value is -2.96. The van der Waals surface area contributed by atoms with Crippen LogP contribution in [-0.2, 0) is 0 Å². The van der Waals surface area contributed by atoms with E-state index in [1.807, 2.05) is 24.4 Å². The van der Waals surface area contributed by atoms with Gasteiger partial charge in [0.05, 0.1) is 11.7 Å². The Morgan fingerprint density at radius 1 is 0.935 bits per heavy atom. The van der Waals surface area contributed by atoms with E-state index in [-0.39, 0.29) is 12.1 Å². The number of aromatic nitrogens is 2. The van der Waals surface area contributed by atoms with E-state index in [9.17, 15) is 0 Å². The van der Waals surface area contributed by atoms with Gasteiger partial charge in [-0.15, -0.1) is 0 Å². The molecule has 31 heavy (non-hydrogen) atoms. The molecule has 1 aliphatic rings. The van der Waals surface area contributed by atoms with Crippen molar-refractivity contribution >= 4 is 38.9 Å². The molecular weight excluding hydrogens is 468 g/mol. The van der Waals surface area contributed by atoms with Crippen LogP contribution < -0.4 is 10.2 Å². The molecule has 1 saturated heterocycles. The summed E-state index contributed by atoms with van der Waals surface area (Å²) < 4.78 is 3.27. The zero-order chi connectivity index (χ0) is 21.4. The highest BCUT2D eigenvalue weighted by molar-refractivity contribution is 9.10. The maximum Gasteiger partial charge on any atom is 0.174 e. The minimum absolute atomic E-state index is 0.0572. The first kappa shape index (κ1) is 20.0. The lowest BCUT2D eigenvalue weighted by molar-refractivity contribution is 0.549.